The molecule has 1 fully saturated rings. The molecular weight excluding hydrogens is 174 g/mol. The molecule has 76 valence electrons. The number of hydrogen-bond donors (Lipinski definition) is 1. The van der Waals surface area contributed by atoms with Crippen LogP contribution in [-0.4, -0.2) is 30.7 Å². The van der Waals surface area contributed by atoms with Crippen molar-refractivity contribution in [3.8, 4) is 0 Å². The van der Waals surface area contributed by atoms with Crippen molar-refractivity contribution in [3.05, 3.63) is 23.9 Å². The Hall–Kier alpha value is -1.09. The van der Waals surface area contributed by atoms with Crippen LogP contribution in [0.4, 0.5) is 5.82 Å². The van der Waals surface area contributed by atoms with Crippen molar-refractivity contribution >= 4 is 5.82 Å². The number of nitrogens with zero attached hydrogens (tertiary/aromatic N) is 2. The second kappa shape index (κ2) is 3.96. The number of hydrogen-bond acceptors (Lipinski definition) is 3. The van der Waals surface area contributed by atoms with E-state index in [1.54, 1.807) is 0 Å². The number of likely N-dealkylation sites (N-methyl/N-ethyl adjacent to an activating group) is 1. The molecule has 0 spiro atoms. The summed E-state index contributed by atoms with van der Waals surface area (Å²) in [5, 5.41) is 3.29. The smallest absolute Gasteiger partial charge is 0.129 e. The summed E-state index contributed by atoms with van der Waals surface area (Å²) in [7, 11) is 0. The Morgan fingerprint density at radius 2 is 2.36 bits per heavy atom. The zero-order valence-corrected chi connectivity index (χ0v) is 8.83. The number of aryl methyl sites for hydroxylation is 1. The number of pyridine rings is 1. The maximum absolute atomic E-state index is 4.41. The van der Waals surface area contributed by atoms with E-state index in [9.17, 15) is 0 Å². The van der Waals surface area contributed by atoms with Crippen LogP contribution in [0.5, 0.6) is 0 Å². The second-order valence-corrected chi connectivity index (χ2v) is 3.79. The normalized spacial score (nSPS) is 16.4. The predicted octanol–water partition coefficient (Wildman–Crippen LogP) is 1.19. The molecule has 0 bridgehead atoms. The monoisotopic (exact) mass is 191 g/mol. The molecular formula is C11H17N3. The van der Waals surface area contributed by atoms with Crippen LogP contribution >= 0.6 is 0 Å². The van der Waals surface area contributed by atoms with Crippen LogP contribution in [0.2, 0.25) is 0 Å². The molecule has 0 radical (unpaired) electrons. The molecule has 0 atom stereocenters. The molecule has 3 heteroatoms. The summed E-state index contributed by atoms with van der Waals surface area (Å²) in [4.78, 5) is 6.78. The zero-order valence-electron chi connectivity index (χ0n) is 8.83. The molecule has 0 unspecified atom stereocenters. The molecule has 2 rings (SSSR count). The largest absolute Gasteiger partial charge is 0.351 e. The maximum Gasteiger partial charge on any atom is 0.129 e. The lowest BCUT2D eigenvalue weighted by Crippen LogP contribution is -2.57. The molecule has 3 nitrogen and oxygen atoms in total. The van der Waals surface area contributed by atoms with E-state index in [1.807, 2.05) is 12.3 Å². The first-order valence-electron chi connectivity index (χ1n) is 5.21. The quantitative estimate of drug-likeness (QED) is 0.778. The van der Waals surface area contributed by atoms with Gasteiger partial charge < -0.3 is 10.2 Å². The second-order valence-electron chi connectivity index (χ2n) is 3.79. The van der Waals surface area contributed by atoms with Gasteiger partial charge in [-0.2, -0.15) is 0 Å². The molecule has 1 aromatic heterocycles. The van der Waals surface area contributed by atoms with Gasteiger partial charge in [-0.15, -0.1) is 0 Å². The average Bonchev–Trinajstić information content (AvgIpc) is 2.10. The van der Waals surface area contributed by atoms with Crippen LogP contribution < -0.4 is 10.2 Å². The van der Waals surface area contributed by atoms with Gasteiger partial charge in [0.25, 0.3) is 0 Å². The number of aromatic nitrogens is 1. The van der Waals surface area contributed by atoms with Gasteiger partial charge in [-0.1, -0.05) is 0 Å². The Bertz CT molecular complexity index is 307. The lowest BCUT2D eigenvalue weighted by molar-refractivity contribution is 0.415. The van der Waals surface area contributed by atoms with Crippen molar-refractivity contribution in [1.29, 1.82) is 0 Å². The van der Waals surface area contributed by atoms with E-state index in [0.29, 0.717) is 6.04 Å². The van der Waals surface area contributed by atoms with E-state index in [4.69, 9.17) is 0 Å². The van der Waals surface area contributed by atoms with Crippen molar-refractivity contribution in [2.24, 2.45) is 0 Å². The lowest BCUT2D eigenvalue weighted by atomic mass is 10.1. The molecule has 2 heterocycles. The number of rotatable bonds is 3. The van der Waals surface area contributed by atoms with E-state index in [2.05, 4.69) is 35.1 Å². The van der Waals surface area contributed by atoms with Crippen LogP contribution in [0.15, 0.2) is 18.3 Å². The summed E-state index contributed by atoms with van der Waals surface area (Å²) in [6.45, 7) is 7.50. The molecule has 1 saturated heterocycles. The highest BCUT2D eigenvalue weighted by Gasteiger charge is 2.24. The minimum atomic E-state index is 0.634. The average molecular weight is 191 g/mol. The van der Waals surface area contributed by atoms with E-state index in [0.717, 1.165) is 25.5 Å². The van der Waals surface area contributed by atoms with Crippen LogP contribution in [0.25, 0.3) is 0 Å². The molecule has 1 aliphatic heterocycles. The molecule has 1 aliphatic rings. The van der Waals surface area contributed by atoms with Crippen LogP contribution in [-0.2, 0) is 0 Å². The molecule has 14 heavy (non-hydrogen) atoms. The third-order valence-electron chi connectivity index (χ3n) is 2.74. The highest BCUT2D eigenvalue weighted by molar-refractivity contribution is 5.42. The third kappa shape index (κ3) is 1.73. The summed E-state index contributed by atoms with van der Waals surface area (Å²) < 4.78 is 0. The Kier molecular flexibility index (Phi) is 2.68. The van der Waals surface area contributed by atoms with Crippen LogP contribution in [0.3, 0.4) is 0 Å². The van der Waals surface area contributed by atoms with Gasteiger partial charge in [-0.25, -0.2) is 4.98 Å². The highest BCUT2D eigenvalue weighted by atomic mass is 15.3. The minimum absolute atomic E-state index is 0.634. The van der Waals surface area contributed by atoms with Gasteiger partial charge in [0, 0.05) is 25.8 Å². The zero-order chi connectivity index (χ0) is 9.97. The van der Waals surface area contributed by atoms with Crippen LogP contribution in [0, 0.1) is 6.92 Å². The van der Waals surface area contributed by atoms with E-state index in [1.165, 1.54) is 5.56 Å². The third-order valence-corrected chi connectivity index (χ3v) is 2.74. The van der Waals surface area contributed by atoms with Crippen molar-refractivity contribution in [3.63, 3.8) is 0 Å². The predicted molar refractivity (Wildman–Crippen MR) is 58.7 cm³/mol. The molecule has 1 N–H and O–H groups in total. The Labute approximate surface area is 85.1 Å². The first kappa shape index (κ1) is 9.46. The van der Waals surface area contributed by atoms with Gasteiger partial charge in [0.1, 0.15) is 5.82 Å². The molecule has 0 saturated carbocycles. The summed E-state index contributed by atoms with van der Waals surface area (Å²) in [5.41, 5.74) is 1.28. The Balaban J connectivity index is 2.17. The Morgan fingerprint density at radius 3 is 2.86 bits per heavy atom. The standard InChI is InChI=1S/C11H17N3/c1-3-14(10-7-12-8-10)11-6-9(2)4-5-13-11/h4-6,10,12H,3,7-8H2,1-2H3. The number of nitrogens with one attached hydrogen (secondary N) is 1. The van der Waals surface area contributed by atoms with Gasteiger partial charge in [-0.05, 0) is 31.5 Å². The van der Waals surface area contributed by atoms with Crippen molar-refractivity contribution in [2.45, 2.75) is 19.9 Å². The van der Waals surface area contributed by atoms with Crippen molar-refractivity contribution in [1.82, 2.24) is 10.3 Å². The lowest BCUT2D eigenvalue weighted by Gasteiger charge is -2.38. The van der Waals surface area contributed by atoms with Gasteiger partial charge in [0.2, 0.25) is 0 Å². The molecule has 0 aliphatic carbocycles. The molecule has 1 aromatic rings. The van der Waals surface area contributed by atoms with Gasteiger partial charge in [0.05, 0.1) is 6.04 Å². The fourth-order valence-electron chi connectivity index (χ4n) is 1.78. The molecule has 0 amide bonds. The first-order valence-corrected chi connectivity index (χ1v) is 5.21. The first-order chi connectivity index (χ1) is 6.81. The minimum Gasteiger partial charge on any atom is -0.351 e. The maximum atomic E-state index is 4.41. The van der Waals surface area contributed by atoms with E-state index in [-0.39, 0.29) is 0 Å². The summed E-state index contributed by atoms with van der Waals surface area (Å²) in [5.74, 6) is 1.11. The van der Waals surface area contributed by atoms with Gasteiger partial charge >= 0.3 is 0 Å². The summed E-state index contributed by atoms with van der Waals surface area (Å²) >= 11 is 0. The molecule has 0 aromatic carbocycles. The fraction of sp³-hybridized carbons (Fsp3) is 0.545. The van der Waals surface area contributed by atoms with Crippen molar-refractivity contribution in [2.75, 3.05) is 24.5 Å². The topological polar surface area (TPSA) is 28.2 Å². The van der Waals surface area contributed by atoms with Gasteiger partial charge in [-0.3, -0.25) is 0 Å². The van der Waals surface area contributed by atoms with E-state index >= 15 is 0 Å². The Morgan fingerprint density at radius 1 is 1.57 bits per heavy atom. The number of anilines is 1. The highest BCUT2D eigenvalue weighted by Crippen LogP contribution is 2.16. The summed E-state index contributed by atoms with van der Waals surface area (Å²) in [6, 6.07) is 4.83. The van der Waals surface area contributed by atoms with Crippen molar-refractivity contribution < 1.29 is 0 Å². The SMILES string of the molecule is CCN(c1cc(C)ccn1)C1CNC1. The van der Waals surface area contributed by atoms with Gasteiger partial charge in [0.15, 0.2) is 0 Å². The van der Waals surface area contributed by atoms with E-state index < -0.39 is 0 Å². The van der Waals surface area contributed by atoms with Crippen LogP contribution in [0.1, 0.15) is 12.5 Å². The summed E-state index contributed by atoms with van der Waals surface area (Å²) in [6.07, 6.45) is 1.89. The fourth-order valence-corrected chi connectivity index (χ4v) is 1.78.